The summed E-state index contributed by atoms with van der Waals surface area (Å²) in [5, 5.41) is 8.72. The first kappa shape index (κ1) is 10.1. The molecule has 0 saturated carbocycles. The molecule has 3 N–H and O–H groups in total. The van der Waals surface area contributed by atoms with Gasteiger partial charge in [-0.1, -0.05) is 0 Å². The summed E-state index contributed by atoms with van der Waals surface area (Å²) in [4.78, 5) is 0. The molecule has 72 valence electrons. The lowest BCUT2D eigenvalue weighted by Gasteiger charge is -2.12. The molecule has 0 fully saturated rings. The second-order valence-electron chi connectivity index (χ2n) is 2.89. The molecule has 1 rings (SSSR count). The summed E-state index contributed by atoms with van der Waals surface area (Å²) >= 11 is 0. The minimum absolute atomic E-state index is 0.281. The molecule has 0 saturated heterocycles. The zero-order chi connectivity index (χ0) is 10.0. The maximum atomic E-state index is 13.0. The molecule has 1 atom stereocenters. The average Bonchev–Trinajstić information content (AvgIpc) is 2.10. The molecule has 0 aliphatic carbocycles. The summed E-state index contributed by atoms with van der Waals surface area (Å²) in [5.41, 5.74) is 6.04. The van der Waals surface area contributed by atoms with Gasteiger partial charge in [-0.05, 0) is 24.1 Å². The van der Waals surface area contributed by atoms with Crippen molar-refractivity contribution in [3.8, 4) is 0 Å². The van der Waals surface area contributed by atoms with Gasteiger partial charge in [0.15, 0.2) is 0 Å². The highest BCUT2D eigenvalue weighted by atomic mass is 19.1. The minimum Gasteiger partial charge on any atom is -0.394 e. The Labute approximate surface area is 75.0 Å². The van der Waals surface area contributed by atoms with Gasteiger partial charge in [0.05, 0.1) is 12.6 Å². The fourth-order valence-corrected chi connectivity index (χ4v) is 1.15. The molecule has 4 heteroatoms. The van der Waals surface area contributed by atoms with Crippen LogP contribution in [-0.2, 0) is 0 Å². The highest BCUT2D eigenvalue weighted by Crippen LogP contribution is 2.19. The largest absolute Gasteiger partial charge is 0.394 e. The van der Waals surface area contributed by atoms with Crippen LogP contribution in [0.1, 0.15) is 17.2 Å². The van der Waals surface area contributed by atoms with Gasteiger partial charge < -0.3 is 10.8 Å². The third-order valence-electron chi connectivity index (χ3n) is 1.95. The van der Waals surface area contributed by atoms with Crippen LogP contribution in [0.3, 0.4) is 0 Å². The predicted molar refractivity (Wildman–Crippen MR) is 45.1 cm³/mol. The number of hydrogen-bond acceptors (Lipinski definition) is 2. The zero-order valence-corrected chi connectivity index (χ0v) is 7.22. The molecule has 13 heavy (non-hydrogen) atoms. The highest BCUT2D eigenvalue weighted by Gasteiger charge is 2.12. The van der Waals surface area contributed by atoms with E-state index in [-0.39, 0.29) is 12.2 Å². The van der Waals surface area contributed by atoms with Crippen LogP contribution in [0.5, 0.6) is 0 Å². The fourth-order valence-electron chi connectivity index (χ4n) is 1.15. The second-order valence-corrected chi connectivity index (χ2v) is 2.89. The Hall–Kier alpha value is -1.00. The van der Waals surface area contributed by atoms with Gasteiger partial charge in [-0.3, -0.25) is 0 Å². The van der Waals surface area contributed by atoms with Crippen LogP contribution in [0.15, 0.2) is 12.1 Å². The number of rotatable bonds is 2. The van der Waals surface area contributed by atoms with Crippen LogP contribution < -0.4 is 5.73 Å². The lowest BCUT2D eigenvalue weighted by molar-refractivity contribution is 0.267. The number of aliphatic hydroxyl groups excluding tert-OH is 1. The molecular weight excluding hydrogens is 176 g/mol. The van der Waals surface area contributed by atoms with Crippen LogP contribution in [0.4, 0.5) is 8.78 Å². The van der Waals surface area contributed by atoms with E-state index in [9.17, 15) is 8.78 Å². The quantitative estimate of drug-likeness (QED) is 0.732. The van der Waals surface area contributed by atoms with Crippen LogP contribution >= 0.6 is 0 Å². The molecule has 1 unspecified atom stereocenters. The van der Waals surface area contributed by atoms with Crippen LogP contribution in [0, 0.1) is 18.6 Å². The van der Waals surface area contributed by atoms with E-state index in [2.05, 4.69) is 0 Å². The molecule has 0 radical (unpaired) electrons. The SMILES string of the molecule is Cc1c(F)cc(F)cc1C(N)CO. The van der Waals surface area contributed by atoms with Crippen molar-refractivity contribution in [3.05, 3.63) is 34.9 Å². The van der Waals surface area contributed by atoms with Crippen LogP contribution in [0.25, 0.3) is 0 Å². The molecular formula is C9H11F2NO. The summed E-state index contributed by atoms with van der Waals surface area (Å²) in [6.45, 7) is 1.17. The Morgan fingerprint density at radius 1 is 1.46 bits per heavy atom. The molecule has 0 aromatic heterocycles. The maximum Gasteiger partial charge on any atom is 0.129 e. The van der Waals surface area contributed by atoms with Crippen molar-refractivity contribution in [2.24, 2.45) is 5.73 Å². The highest BCUT2D eigenvalue weighted by molar-refractivity contribution is 5.30. The van der Waals surface area contributed by atoms with E-state index >= 15 is 0 Å². The zero-order valence-electron chi connectivity index (χ0n) is 7.22. The average molecular weight is 187 g/mol. The summed E-state index contributed by atoms with van der Waals surface area (Å²) in [6, 6.07) is 1.20. The monoisotopic (exact) mass is 187 g/mol. The molecule has 0 amide bonds. The van der Waals surface area contributed by atoms with E-state index in [1.165, 1.54) is 6.92 Å². The van der Waals surface area contributed by atoms with Crippen molar-refractivity contribution in [2.45, 2.75) is 13.0 Å². The smallest absolute Gasteiger partial charge is 0.129 e. The molecule has 0 aliphatic heterocycles. The van der Waals surface area contributed by atoms with Crippen LogP contribution in [-0.4, -0.2) is 11.7 Å². The standard InChI is InChI=1S/C9H11F2NO/c1-5-7(9(12)4-13)2-6(10)3-8(5)11/h2-3,9,13H,4,12H2,1H3. The Morgan fingerprint density at radius 2 is 2.08 bits per heavy atom. The lowest BCUT2D eigenvalue weighted by Crippen LogP contribution is -2.16. The number of aliphatic hydroxyl groups is 1. The fraction of sp³-hybridized carbons (Fsp3) is 0.333. The van der Waals surface area contributed by atoms with E-state index in [0.717, 1.165) is 12.1 Å². The second kappa shape index (κ2) is 3.81. The Balaban J connectivity index is 3.20. The Bertz CT molecular complexity index is 315. The summed E-state index contributed by atoms with van der Waals surface area (Å²) in [5.74, 6) is -1.32. The summed E-state index contributed by atoms with van der Waals surface area (Å²) in [6.07, 6.45) is 0. The van der Waals surface area contributed by atoms with Gasteiger partial charge in [0.25, 0.3) is 0 Å². The van der Waals surface area contributed by atoms with Gasteiger partial charge in [0.1, 0.15) is 11.6 Å². The molecule has 0 spiro atoms. The molecule has 0 bridgehead atoms. The van der Waals surface area contributed by atoms with Crippen molar-refractivity contribution in [3.63, 3.8) is 0 Å². The maximum absolute atomic E-state index is 13.0. The van der Waals surface area contributed by atoms with Gasteiger partial charge >= 0.3 is 0 Å². The van der Waals surface area contributed by atoms with Crippen LogP contribution in [0.2, 0.25) is 0 Å². The normalized spacial score (nSPS) is 13.0. The lowest BCUT2D eigenvalue weighted by atomic mass is 10.0. The first-order valence-electron chi connectivity index (χ1n) is 3.88. The minimum atomic E-state index is -0.731. The van der Waals surface area contributed by atoms with E-state index in [4.69, 9.17) is 10.8 Å². The van der Waals surface area contributed by atoms with Gasteiger partial charge in [-0.2, -0.15) is 0 Å². The molecule has 0 heterocycles. The van der Waals surface area contributed by atoms with Crippen molar-refractivity contribution >= 4 is 0 Å². The van der Waals surface area contributed by atoms with Crippen molar-refractivity contribution < 1.29 is 13.9 Å². The Morgan fingerprint density at radius 3 is 2.62 bits per heavy atom. The topological polar surface area (TPSA) is 46.2 Å². The molecule has 2 nitrogen and oxygen atoms in total. The van der Waals surface area contributed by atoms with Gasteiger partial charge in [-0.25, -0.2) is 8.78 Å². The summed E-state index contributed by atoms with van der Waals surface area (Å²) in [7, 11) is 0. The Kier molecular flexibility index (Phi) is 2.95. The number of benzene rings is 1. The number of nitrogens with two attached hydrogens (primary N) is 1. The number of hydrogen-bond donors (Lipinski definition) is 2. The molecule has 0 aliphatic rings. The summed E-state index contributed by atoms with van der Waals surface area (Å²) < 4.78 is 25.7. The predicted octanol–water partition coefficient (Wildman–Crippen LogP) is 1.27. The van der Waals surface area contributed by atoms with E-state index < -0.39 is 17.7 Å². The third kappa shape index (κ3) is 2.02. The van der Waals surface area contributed by atoms with Gasteiger partial charge in [-0.15, -0.1) is 0 Å². The van der Waals surface area contributed by atoms with Crippen molar-refractivity contribution in [2.75, 3.05) is 6.61 Å². The van der Waals surface area contributed by atoms with Crippen molar-refractivity contribution in [1.82, 2.24) is 0 Å². The van der Waals surface area contributed by atoms with E-state index in [1.807, 2.05) is 0 Å². The first-order chi connectivity index (χ1) is 6.06. The number of halogens is 2. The van der Waals surface area contributed by atoms with Crippen molar-refractivity contribution in [1.29, 1.82) is 0 Å². The van der Waals surface area contributed by atoms with Gasteiger partial charge in [0, 0.05) is 6.07 Å². The van der Waals surface area contributed by atoms with E-state index in [0.29, 0.717) is 5.56 Å². The first-order valence-corrected chi connectivity index (χ1v) is 3.88. The van der Waals surface area contributed by atoms with Gasteiger partial charge in [0.2, 0.25) is 0 Å². The molecule has 1 aromatic carbocycles. The van der Waals surface area contributed by atoms with E-state index in [1.54, 1.807) is 0 Å². The molecule has 1 aromatic rings. The third-order valence-corrected chi connectivity index (χ3v) is 1.95.